The van der Waals surface area contributed by atoms with Gasteiger partial charge in [-0.2, -0.15) is 5.26 Å². The summed E-state index contributed by atoms with van der Waals surface area (Å²) < 4.78 is 13.6. The van der Waals surface area contributed by atoms with Gasteiger partial charge in [-0.3, -0.25) is 0 Å². The maximum Gasteiger partial charge on any atom is 0.339 e. The number of nitrogens with zero attached hydrogens (tertiary/aromatic N) is 3. The lowest BCUT2D eigenvalue weighted by molar-refractivity contribution is -0.164. The Balaban J connectivity index is 2.49. The lowest BCUT2D eigenvalue weighted by atomic mass is 9.90. The molecule has 1 aromatic carbocycles. The second-order valence-corrected chi connectivity index (χ2v) is 8.96. The number of carbonyl (C=O) groups excluding carboxylic acids is 1. The topological polar surface area (TPSA) is 77.1 Å². The zero-order valence-electron chi connectivity index (χ0n) is 20.2. The van der Waals surface area contributed by atoms with E-state index in [1.165, 1.54) is 7.11 Å². The molecule has 168 valence electrons. The Morgan fingerprint density at radius 3 is 2.31 bits per heavy atom. The number of rotatable bonds is 5. The summed E-state index contributed by atoms with van der Waals surface area (Å²) in [5.41, 5.74) is 6.31. The molecular weight excluding hydrogens is 402 g/mol. The van der Waals surface area contributed by atoms with E-state index < -0.39 is 17.7 Å². The molecule has 0 radical (unpaired) electrons. The van der Waals surface area contributed by atoms with Crippen molar-refractivity contribution < 1.29 is 14.3 Å². The SMILES string of the molecule is CCn1c(C)c(C)c2c(-c3ccc(C#N)cc3)c(C(OC(C)(C)C)C(=O)OC)c(C)nc21. The number of carbonyl (C=O) groups is 1. The fourth-order valence-corrected chi connectivity index (χ4v) is 4.20. The molecule has 0 fully saturated rings. The normalized spacial score (nSPS) is 12.6. The van der Waals surface area contributed by atoms with Crippen molar-refractivity contribution in [3.05, 3.63) is 52.3 Å². The van der Waals surface area contributed by atoms with Crippen molar-refractivity contribution in [1.82, 2.24) is 9.55 Å². The van der Waals surface area contributed by atoms with Crippen molar-refractivity contribution in [3.8, 4) is 17.2 Å². The van der Waals surface area contributed by atoms with Crippen molar-refractivity contribution in [2.75, 3.05) is 7.11 Å². The Morgan fingerprint density at radius 2 is 1.81 bits per heavy atom. The van der Waals surface area contributed by atoms with E-state index in [9.17, 15) is 10.1 Å². The number of hydrogen-bond acceptors (Lipinski definition) is 5. The number of nitriles is 1. The second kappa shape index (κ2) is 8.76. The number of hydrogen-bond donors (Lipinski definition) is 0. The van der Waals surface area contributed by atoms with E-state index >= 15 is 0 Å². The van der Waals surface area contributed by atoms with Crippen LogP contribution in [0.3, 0.4) is 0 Å². The van der Waals surface area contributed by atoms with E-state index in [0.717, 1.165) is 40.0 Å². The van der Waals surface area contributed by atoms with Crippen LogP contribution in [0.2, 0.25) is 0 Å². The average Bonchev–Trinajstić information content (AvgIpc) is 2.99. The first-order valence-corrected chi connectivity index (χ1v) is 10.8. The fourth-order valence-electron chi connectivity index (χ4n) is 4.20. The number of esters is 1. The third-order valence-corrected chi connectivity index (χ3v) is 5.75. The third-order valence-electron chi connectivity index (χ3n) is 5.75. The Hall–Kier alpha value is -3.17. The molecule has 0 aliphatic rings. The number of methoxy groups -OCH3 is 1. The summed E-state index contributed by atoms with van der Waals surface area (Å²) in [5.74, 6) is -0.469. The van der Waals surface area contributed by atoms with Gasteiger partial charge in [-0.25, -0.2) is 9.78 Å². The number of aryl methyl sites for hydroxylation is 3. The van der Waals surface area contributed by atoms with Gasteiger partial charge < -0.3 is 14.0 Å². The Labute approximate surface area is 189 Å². The molecule has 6 heteroatoms. The van der Waals surface area contributed by atoms with Gasteiger partial charge in [0, 0.05) is 34.4 Å². The predicted octanol–water partition coefficient (Wildman–Crippen LogP) is 5.55. The van der Waals surface area contributed by atoms with Gasteiger partial charge in [0.05, 0.1) is 24.3 Å². The van der Waals surface area contributed by atoms with Crippen molar-refractivity contribution in [2.24, 2.45) is 0 Å². The first-order valence-electron chi connectivity index (χ1n) is 10.8. The average molecular weight is 434 g/mol. The van der Waals surface area contributed by atoms with Crippen LogP contribution in [0.5, 0.6) is 0 Å². The van der Waals surface area contributed by atoms with Gasteiger partial charge >= 0.3 is 5.97 Å². The highest BCUT2D eigenvalue weighted by Crippen LogP contribution is 2.42. The second-order valence-electron chi connectivity index (χ2n) is 8.96. The van der Waals surface area contributed by atoms with Crippen LogP contribution < -0.4 is 0 Å². The van der Waals surface area contributed by atoms with Crippen LogP contribution in [0.4, 0.5) is 0 Å². The Kier molecular flexibility index (Phi) is 6.43. The molecule has 2 aromatic heterocycles. The van der Waals surface area contributed by atoms with Crippen LogP contribution in [-0.2, 0) is 20.8 Å². The van der Waals surface area contributed by atoms with E-state index in [-0.39, 0.29) is 0 Å². The maximum atomic E-state index is 13.0. The highest BCUT2D eigenvalue weighted by Gasteiger charge is 2.34. The summed E-state index contributed by atoms with van der Waals surface area (Å²) in [6, 6.07) is 9.58. The predicted molar refractivity (Wildman–Crippen MR) is 125 cm³/mol. The summed E-state index contributed by atoms with van der Waals surface area (Å²) in [4.78, 5) is 17.9. The molecule has 3 aromatic rings. The van der Waals surface area contributed by atoms with Crippen LogP contribution in [0.25, 0.3) is 22.2 Å². The Bertz CT molecular complexity index is 1210. The minimum Gasteiger partial charge on any atom is -0.467 e. The maximum absolute atomic E-state index is 13.0. The number of benzene rings is 1. The van der Waals surface area contributed by atoms with Crippen LogP contribution >= 0.6 is 0 Å². The van der Waals surface area contributed by atoms with Crippen molar-refractivity contribution in [1.29, 1.82) is 5.26 Å². The number of pyridine rings is 1. The van der Waals surface area contributed by atoms with Crippen LogP contribution in [0.1, 0.15) is 61.9 Å². The van der Waals surface area contributed by atoms with Gasteiger partial charge in [-0.15, -0.1) is 0 Å². The molecule has 0 aliphatic carbocycles. The summed E-state index contributed by atoms with van der Waals surface area (Å²) in [6.07, 6.45) is -0.938. The van der Waals surface area contributed by atoms with E-state index in [1.54, 1.807) is 12.1 Å². The lowest BCUT2D eigenvalue weighted by Crippen LogP contribution is -2.29. The standard InChI is InChI=1S/C26H31N3O3/c1-9-29-17(4)15(2)20-22(19-12-10-18(14-27)11-13-19)21(16(3)28-24(20)29)23(25(30)31-8)32-26(5,6)7/h10-13,23H,9H2,1-8H3. The molecule has 6 nitrogen and oxygen atoms in total. The molecule has 0 bridgehead atoms. The number of aromatic nitrogens is 2. The largest absolute Gasteiger partial charge is 0.467 e. The monoisotopic (exact) mass is 433 g/mol. The van der Waals surface area contributed by atoms with Crippen LogP contribution in [0, 0.1) is 32.1 Å². The highest BCUT2D eigenvalue weighted by atomic mass is 16.6. The lowest BCUT2D eigenvalue weighted by Gasteiger charge is -2.28. The molecule has 0 amide bonds. The molecule has 3 rings (SSSR count). The van der Waals surface area contributed by atoms with Crippen molar-refractivity contribution >= 4 is 17.0 Å². The van der Waals surface area contributed by atoms with Crippen LogP contribution in [0.15, 0.2) is 24.3 Å². The molecule has 1 unspecified atom stereocenters. The minimum absolute atomic E-state index is 0.469. The summed E-state index contributed by atoms with van der Waals surface area (Å²) >= 11 is 0. The molecule has 0 spiro atoms. The van der Waals surface area contributed by atoms with Crippen molar-refractivity contribution in [2.45, 2.75) is 66.7 Å². The zero-order chi connectivity index (χ0) is 23.8. The molecule has 0 N–H and O–H groups in total. The van der Waals surface area contributed by atoms with Gasteiger partial charge in [0.2, 0.25) is 0 Å². The van der Waals surface area contributed by atoms with Gasteiger partial charge in [-0.1, -0.05) is 12.1 Å². The summed E-state index contributed by atoms with van der Waals surface area (Å²) in [6.45, 7) is 14.7. The molecule has 0 saturated carbocycles. The minimum atomic E-state index is -0.938. The van der Waals surface area contributed by atoms with Gasteiger partial charge in [-0.05, 0) is 71.7 Å². The van der Waals surface area contributed by atoms with E-state index in [4.69, 9.17) is 14.5 Å². The first kappa shape index (κ1) is 23.5. The van der Waals surface area contributed by atoms with E-state index in [2.05, 4.69) is 31.4 Å². The molecule has 2 heterocycles. The highest BCUT2D eigenvalue weighted by molar-refractivity contribution is 6.00. The summed E-state index contributed by atoms with van der Waals surface area (Å²) in [5, 5.41) is 10.2. The van der Waals surface area contributed by atoms with Gasteiger partial charge in [0.15, 0.2) is 6.10 Å². The zero-order valence-corrected chi connectivity index (χ0v) is 20.2. The molecular formula is C26H31N3O3. The van der Waals surface area contributed by atoms with Gasteiger partial charge in [0.1, 0.15) is 5.65 Å². The molecule has 32 heavy (non-hydrogen) atoms. The van der Waals surface area contributed by atoms with Crippen LogP contribution in [-0.4, -0.2) is 28.2 Å². The number of ether oxygens (including phenoxy) is 2. The molecule has 1 atom stereocenters. The van der Waals surface area contributed by atoms with Gasteiger partial charge in [0.25, 0.3) is 0 Å². The first-order chi connectivity index (χ1) is 15.0. The summed E-state index contributed by atoms with van der Waals surface area (Å²) in [7, 11) is 1.37. The third kappa shape index (κ3) is 4.13. The number of fused-ring (bicyclic) bond motifs is 1. The fraction of sp³-hybridized carbons (Fsp3) is 0.423. The van der Waals surface area contributed by atoms with E-state index in [0.29, 0.717) is 16.8 Å². The van der Waals surface area contributed by atoms with Crippen molar-refractivity contribution in [3.63, 3.8) is 0 Å². The molecule has 0 saturated heterocycles. The Morgan fingerprint density at radius 1 is 1.19 bits per heavy atom. The van der Waals surface area contributed by atoms with E-state index in [1.807, 2.05) is 39.8 Å². The smallest absolute Gasteiger partial charge is 0.339 e. The quantitative estimate of drug-likeness (QED) is 0.493. The molecule has 0 aliphatic heterocycles.